The minimum atomic E-state index is -0.956. The molecular weight excluding hydrogens is 320 g/mol. The Morgan fingerprint density at radius 1 is 1.15 bits per heavy atom. The molecule has 0 fully saturated rings. The topological polar surface area (TPSA) is 61.7 Å². The van der Waals surface area contributed by atoms with Crippen molar-refractivity contribution in [3.63, 3.8) is 0 Å². The van der Waals surface area contributed by atoms with Crippen molar-refractivity contribution < 1.29 is 9.90 Å². The van der Waals surface area contributed by atoms with Crippen LogP contribution in [0.4, 0.5) is 5.69 Å². The van der Waals surface area contributed by atoms with Crippen LogP contribution < -0.4 is 5.43 Å². The second-order valence-corrected chi connectivity index (χ2v) is 5.12. The monoisotopic (exact) mass is 332 g/mol. The SMILES string of the molecule is C/C(=N/Nc1cccc(C(=O)O)c1)c1ccc(Br)cc1. The Hall–Kier alpha value is -2.14. The van der Waals surface area contributed by atoms with E-state index in [1.807, 2.05) is 31.2 Å². The van der Waals surface area contributed by atoms with Crippen molar-refractivity contribution >= 4 is 33.3 Å². The molecule has 20 heavy (non-hydrogen) atoms. The van der Waals surface area contributed by atoms with Gasteiger partial charge >= 0.3 is 5.97 Å². The number of carboxylic acid groups (broad SMARTS) is 1. The van der Waals surface area contributed by atoms with E-state index in [2.05, 4.69) is 26.5 Å². The molecule has 0 aliphatic heterocycles. The predicted octanol–water partition coefficient (Wildman–Crippen LogP) is 3.98. The fraction of sp³-hybridized carbons (Fsp3) is 0.0667. The lowest BCUT2D eigenvalue weighted by Crippen LogP contribution is -2.01. The van der Waals surface area contributed by atoms with E-state index in [0.29, 0.717) is 5.69 Å². The van der Waals surface area contributed by atoms with E-state index in [0.717, 1.165) is 15.7 Å². The molecule has 0 heterocycles. The van der Waals surface area contributed by atoms with Gasteiger partial charge in [-0.15, -0.1) is 0 Å². The Kier molecular flexibility index (Phi) is 4.53. The van der Waals surface area contributed by atoms with Crippen LogP contribution in [0.25, 0.3) is 0 Å². The maximum atomic E-state index is 10.9. The number of nitrogens with zero attached hydrogens (tertiary/aromatic N) is 1. The minimum Gasteiger partial charge on any atom is -0.478 e. The summed E-state index contributed by atoms with van der Waals surface area (Å²) in [6.45, 7) is 1.89. The number of hydrogen-bond donors (Lipinski definition) is 2. The highest BCUT2D eigenvalue weighted by Gasteiger charge is 2.02. The van der Waals surface area contributed by atoms with E-state index >= 15 is 0 Å². The first-order valence-electron chi connectivity index (χ1n) is 5.96. The standard InChI is InChI=1S/C15H13BrN2O2/c1-10(11-5-7-13(16)8-6-11)17-18-14-4-2-3-12(9-14)15(19)20/h2-9,18H,1H3,(H,19,20)/b17-10-. The Morgan fingerprint density at radius 2 is 1.85 bits per heavy atom. The summed E-state index contributed by atoms with van der Waals surface area (Å²) >= 11 is 3.38. The van der Waals surface area contributed by atoms with Crippen molar-refractivity contribution in [1.29, 1.82) is 0 Å². The molecule has 2 N–H and O–H groups in total. The normalized spacial score (nSPS) is 11.2. The van der Waals surface area contributed by atoms with E-state index in [9.17, 15) is 4.79 Å². The summed E-state index contributed by atoms with van der Waals surface area (Å²) in [7, 11) is 0. The first-order chi connectivity index (χ1) is 9.56. The summed E-state index contributed by atoms with van der Waals surface area (Å²) in [5.41, 5.74) is 5.55. The first-order valence-corrected chi connectivity index (χ1v) is 6.75. The van der Waals surface area contributed by atoms with Crippen LogP contribution in [0, 0.1) is 0 Å². The third-order valence-electron chi connectivity index (χ3n) is 2.72. The van der Waals surface area contributed by atoms with Crippen molar-refractivity contribution in [2.75, 3.05) is 5.43 Å². The zero-order chi connectivity index (χ0) is 14.5. The van der Waals surface area contributed by atoms with Crippen molar-refractivity contribution in [3.05, 3.63) is 64.1 Å². The fourth-order valence-electron chi connectivity index (χ4n) is 1.63. The molecule has 0 saturated carbocycles. The second-order valence-electron chi connectivity index (χ2n) is 4.20. The third kappa shape index (κ3) is 3.68. The largest absolute Gasteiger partial charge is 0.478 e. The molecule has 0 aliphatic rings. The number of benzene rings is 2. The molecular formula is C15H13BrN2O2. The summed E-state index contributed by atoms with van der Waals surface area (Å²) in [5.74, 6) is -0.956. The molecule has 0 radical (unpaired) electrons. The van der Waals surface area contributed by atoms with Crippen LogP contribution in [0.5, 0.6) is 0 Å². The Bertz CT molecular complexity index is 651. The lowest BCUT2D eigenvalue weighted by molar-refractivity contribution is 0.0697. The number of carboxylic acids is 1. The molecule has 2 rings (SSSR count). The number of carbonyl (C=O) groups is 1. The van der Waals surface area contributed by atoms with Gasteiger partial charge in [0, 0.05) is 4.47 Å². The van der Waals surface area contributed by atoms with Gasteiger partial charge < -0.3 is 5.11 Å². The van der Waals surface area contributed by atoms with E-state index in [4.69, 9.17) is 5.11 Å². The molecule has 0 atom stereocenters. The second kappa shape index (κ2) is 6.34. The Morgan fingerprint density at radius 3 is 2.50 bits per heavy atom. The predicted molar refractivity (Wildman–Crippen MR) is 83.4 cm³/mol. The van der Waals surface area contributed by atoms with Gasteiger partial charge in [0.05, 0.1) is 17.0 Å². The number of anilines is 1. The molecule has 0 spiro atoms. The van der Waals surface area contributed by atoms with Crippen molar-refractivity contribution in [3.8, 4) is 0 Å². The highest BCUT2D eigenvalue weighted by molar-refractivity contribution is 9.10. The van der Waals surface area contributed by atoms with Gasteiger partial charge in [-0.25, -0.2) is 4.79 Å². The zero-order valence-electron chi connectivity index (χ0n) is 10.8. The van der Waals surface area contributed by atoms with Crippen LogP contribution in [-0.4, -0.2) is 16.8 Å². The molecule has 102 valence electrons. The van der Waals surface area contributed by atoms with E-state index in [-0.39, 0.29) is 5.56 Å². The van der Waals surface area contributed by atoms with Gasteiger partial charge in [-0.2, -0.15) is 5.10 Å². The fourth-order valence-corrected chi connectivity index (χ4v) is 1.89. The molecule has 2 aromatic rings. The van der Waals surface area contributed by atoms with E-state index < -0.39 is 5.97 Å². The summed E-state index contributed by atoms with van der Waals surface area (Å²) < 4.78 is 1.01. The van der Waals surface area contributed by atoms with Gasteiger partial charge in [0.25, 0.3) is 0 Å². The van der Waals surface area contributed by atoms with Crippen LogP contribution in [0.2, 0.25) is 0 Å². The molecule has 4 nitrogen and oxygen atoms in total. The first kappa shape index (κ1) is 14.3. The summed E-state index contributed by atoms with van der Waals surface area (Å²) in [5, 5.41) is 13.2. The number of halogens is 1. The van der Waals surface area contributed by atoms with Crippen LogP contribution in [-0.2, 0) is 0 Å². The zero-order valence-corrected chi connectivity index (χ0v) is 12.4. The lowest BCUT2D eigenvalue weighted by atomic mass is 10.1. The average Bonchev–Trinajstić information content (AvgIpc) is 2.46. The molecule has 0 saturated heterocycles. The lowest BCUT2D eigenvalue weighted by Gasteiger charge is -2.04. The van der Waals surface area contributed by atoms with Crippen LogP contribution >= 0.6 is 15.9 Å². The third-order valence-corrected chi connectivity index (χ3v) is 3.25. The molecule has 0 amide bonds. The summed E-state index contributed by atoms with van der Waals surface area (Å²) in [4.78, 5) is 10.9. The smallest absolute Gasteiger partial charge is 0.335 e. The molecule has 5 heteroatoms. The highest BCUT2D eigenvalue weighted by atomic mass is 79.9. The average molecular weight is 333 g/mol. The minimum absolute atomic E-state index is 0.228. The maximum absolute atomic E-state index is 10.9. The number of hydrogen-bond acceptors (Lipinski definition) is 3. The molecule has 0 aromatic heterocycles. The Balaban J connectivity index is 2.14. The van der Waals surface area contributed by atoms with Crippen LogP contribution in [0.3, 0.4) is 0 Å². The number of rotatable bonds is 4. The van der Waals surface area contributed by atoms with Gasteiger partial charge in [-0.05, 0) is 42.8 Å². The van der Waals surface area contributed by atoms with Gasteiger partial charge in [-0.3, -0.25) is 5.43 Å². The number of aromatic carboxylic acids is 1. The Labute approximate surface area is 125 Å². The molecule has 0 aliphatic carbocycles. The summed E-state index contributed by atoms with van der Waals surface area (Å²) in [6.07, 6.45) is 0. The van der Waals surface area contributed by atoms with Crippen LogP contribution in [0.1, 0.15) is 22.8 Å². The molecule has 2 aromatic carbocycles. The van der Waals surface area contributed by atoms with Gasteiger partial charge in [0.15, 0.2) is 0 Å². The summed E-state index contributed by atoms with van der Waals surface area (Å²) in [6, 6.07) is 14.3. The van der Waals surface area contributed by atoms with Crippen molar-refractivity contribution in [1.82, 2.24) is 0 Å². The van der Waals surface area contributed by atoms with Gasteiger partial charge in [0.2, 0.25) is 0 Å². The van der Waals surface area contributed by atoms with E-state index in [1.54, 1.807) is 24.3 Å². The number of nitrogens with one attached hydrogen (secondary N) is 1. The quantitative estimate of drug-likeness (QED) is 0.657. The highest BCUT2D eigenvalue weighted by Crippen LogP contribution is 2.13. The van der Waals surface area contributed by atoms with Gasteiger partial charge in [-0.1, -0.05) is 34.1 Å². The number of hydrazone groups is 1. The molecule has 0 unspecified atom stereocenters. The van der Waals surface area contributed by atoms with E-state index in [1.165, 1.54) is 0 Å². The van der Waals surface area contributed by atoms with Crippen molar-refractivity contribution in [2.24, 2.45) is 5.10 Å². The maximum Gasteiger partial charge on any atom is 0.335 e. The molecule has 0 bridgehead atoms. The van der Waals surface area contributed by atoms with Crippen LogP contribution in [0.15, 0.2) is 58.1 Å². The van der Waals surface area contributed by atoms with Crippen molar-refractivity contribution in [2.45, 2.75) is 6.92 Å². The van der Waals surface area contributed by atoms with Gasteiger partial charge in [0.1, 0.15) is 0 Å².